The maximum atomic E-state index is 5.78. The van der Waals surface area contributed by atoms with Crippen molar-refractivity contribution in [2.24, 2.45) is 0 Å². The van der Waals surface area contributed by atoms with Gasteiger partial charge >= 0.3 is 0 Å². The molecule has 2 N–H and O–H groups in total. The Balaban J connectivity index is 1.86. The third kappa shape index (κ3) is 2.57. The van der Waals surface area contributed by atoms with Crippen LogP contribution in [0.1, 0.15) is 5.56 Å². The molecule has 0 bridgehead atoms. The van der Waals surface area contributed by atoms with Crippen LogP contribution in [0.3, 0.4) is 0 Å². The highest BCUT2D eigenvalue weighted by atomic mass is 79.9. The summed E-state index contributed by atoms with van der Waals surface area (Å²) in [6.45, 7) is 0. The Labute approximate surface area is 122 Å². The van der Waals surface area contributed by atoms with E-state index in [0.29, 0.717) is 16.6 Å². The molecule has 3 aromatic rings. The fourth-order valence-electron chi connectivity index (χ4n) is 1.63. The van der Waals surface area contributed by atoms with E-state index in [1.54, 1.807) is 22.5 Å². The first-order valence-corrected chi connectivity index (χ1v) is 7.35. The molecule has 0 spiro atoms. The number of halogens is 1. The number of hydrogen-bond donors (Lipinski definition) is 1. The molecule has 0 saturated heterocycles. The second kappa shape index (κ2) is 5.18. The van der Waals surface area contributed by atoms with Crippen LogP contribution in [-0.4, -0.2) is 19.6 Å². The van der Waals surface area contributed by atoms with Crippen LogP contribution in [0, 0.1) is 0 Å². The second-order valence-corrected chi connectivity index (χ2v) is 5.63. The molecule has 2 heterocycles. The number of thioether (sulfide) groups is 1. The van der Waals surface area contributed by atoms with E-state index in [0.717, 1.165) is 10.4 Å². The average Bonchev–Trinajstić information content (AvgIpc) is 2.87. The van der Waals surface area contributed by atoms with Gasteiger partial charge in [0.2, 0.25) is 5.16 Å². The predicted octanol–water partition coefficient (Wildman–Crippen LogP) is 2.76. The van der Waals surface area contributed by atoms with Gasteiger partial charge in [-0.2, -0.15) is 4.98 Å². The van der Waals surface area contributed by atoms with E-state index in [9.17, 15) is 0 Å². The van der Waals surface area contributed by atoms with Crippen LogP contribution in [-0.2, 0) is 5.75 Å². The molecule has 19 heavy (non-hydrogen) atoms. The first-order chi connectivity index (χ1) is 9.24. The van der Waals surface area contributed by atoms with Crippen LogP contribution in [0.25, 0.3) is 5.65 Å². The second-order valence-electron chi connectivity index (χ2n) is 3.87. The van der Waals surface area contributed by atoms with Crippen molar-refractivity contribution in [3.63, 3.8) is 0 Å². The lowest BCUT2D eigenvalue weighted by molar-refractivity contribution is 0.863. The minimum atomic E-state index is 0.377. The van der Waals surface area contributed by atoms with Gasteiger partial charge in [-0.15, -0.1) is 5.10 Å². The zero-order chi connectivity index (χ0) is 13.2. The van der Waals surface area contributed by atoms with Crippen molar-refractivity contribution >= 4 is 39.2 Å². The van der Waals surface area contributed by atoms with Crippen molar-refractivity contribution < 1.29 is 0 Å². The van der Waals surface area contributed by atoms with E-state index in [-0.39, 0.29) is 0 Å². The Kier molecular flexibility index (Phi) is 3.39. The Hall–Kier alpha value is -1.60. The molecule has 0 radical (unpaired) electrons. The van der Waals surface area contributed by atoms with E-state index >= 15 is 0 Å². The molecule has 0 unspecified atom stereocenters. The summed E-state index contributed by atoms with van der Waals surface area (Å²) in [7, 11) is 0. The molecule has 0 aliphatic carbocycles. The van der Waals surface area contributed by atoms with Crippen molar-refractivity contribution in [3.05, 3.63) is 46.7 Å². The van der Waals surface area contributed by atoms with Gasteiger partial charge < -0.3 is 5.73 Å². The van der Waals surface area contributed by atoms with Crippen molar-refractivity contribution in [1.82, 2.24) is 19.6 Å². The molecule has 0 atom stereocenters. The van der Waals surface area contributed by atoms with Crippen LogP contribution in [0.4, 0.5) is 5.82 Å². The quantitative estimate of drug-likeness (QED) is 0.745. The first kappa shape index (κ1) is 12.4. The van der Waals surface area contributed by atoms with Gasteiger partial charge in [-0.1, -0.05) is 42.1 Å². The molecule has 2 aromatic heterocycles. The van der Waals surface area contributed by atoms with E-state index in [1.807, 2.05) is 18.2 Å². The minimum absolute atomic E-state index is 0.377. The predicted molar refractivity (Wildman–Crippen MR) is 78.9 cm³/mol. The van der Waals surface area contributed by atoms with Crippen molar-refractivity contribution in [1.29, 1.82) is 0 Å². The van der Waals surface area contributed by atoms with E-state index in [2.05, 4.69) is 43.1 Å². The molecule has 0 saturated carbocycles. The number of nitrogen functional groups attached to an aromatic ring is 1. The molecule has 0 amide bonds. The maximum absolute atomic E-state index is 5.78. The maximum Gasteiger partial charge on any atom is 0.209 e. The van der Waals surface area contributed by atoms with Crippen LogP contribution in [0.5, 0.6) is 0 Å². The van der Waals surface area contributed by atoms with E-state index in [4.69, 9.17) is 5.73 Å². The molecular weight excluding hydrogens is 326 g/mol. The van der Waals surface area contributed by atoms with E-state index < -0.39 is 0 Å². The monoisotopic (exact) mass is 335 g/mol. The molecule has 3 rings (SSSR count). The summed E-state index contributed by atoms with van der Waals surface area (Å²) >= 11 is 4.94. The lowest BCUT2D eigenvalue weighted by atomic mass is 10.2. The lowest BCUT2D eigenvalue weighted by Gasteiger charge is -1.96. The summed E-state index contributed by atoms with van der Waals surface area (Å²) in [6.07, 6.45) is 1.61. The fraction of sp³-hybridized carbons (Fsp3) is 0.0833. The highest BCUT2D eigenvalue weighted by Gasteiger charge is 2.10. The highest BCUT2D eigenvalue weighted by molar-refractivity contribution is 9.10. The van der Waals surface area contributed by atoms with Crippen LogP contribution in [0.15, 0.2) is 46.3 Å². The van der Waals surface area contributed by atoms with Gasteiger partial charge in [-0.3, -0.25) is 0 Å². The number of rotatable bonds is 3. The van der Waals surface area contributed by atoms with Gasteiger partial charge in [-0.25, -0.2) is 9.50 Å². The Bertz CT molecular complexity index is 674. The lowest BCUT2D eigenvalue weighted by Crippen LogP contribution is -1.98. The van der Waals surface area contributed by atoms with Crippen molar-refractivity contribution in [2.75, 3.05) is 5.73 Å². The average molecular weight is 336 g/mol. The minimum Gasteiger partial charge on any atom is -0.381 e. The van der Waals surface area contributed by atoms with Crippen molar-refractivity contribution in [2.45, 2.75) is 10.9 Å². The summed E-state index contributed by atoms with van der Waals surface area (Å²) in [5, 5.41) is 5.07. The first-order valence-electron chi connectivity index (χ1n) is 5.57. The molecule has 0 aliphatic heterocycles. The number of aromatic nitrogens is 4. The summed E-state index contributed by atoms with van der Waals surface area (Å²) in [5.41, 5.74) is 7.59. The van der Waals surface area contributed by atoms with Gasteiger partial charge in [0.05, 0.1) is 6.20 Å². The molecular formula is C12H10BrN5S. The van der Waals surface area contributed by atoms with Crippen LogP contribution < -0.4 is 5.73 Å². The highest BCUT2D eigenvalue weighted by Crippen LogP contribution is 2.23. The zero-order valence-electron chi connectivity index (χ0n) is 9.82. The van der Waals surface area contributed by atoms with Gasteiger partial charge in [0.25, 0.3) is 0 Å². The normalized spacial score (nSPS) is 11.0. The number of nitrogens with two attached hydrogens (primary N) is 1. The smallest absolute Gasteiger partial charge is 0.209 e. The summed E-state index contributed by atoms with van der Waals surface area (Å²) in [4.78, 5) is 8.42. The molecule has 7 heteroatoms. The Morgan fingerprint density at radius 2 is 2.05 bits per heavy atom. The molecule has 0 aliphatic rings. The zero-order valence-corrected chi connectivity index (χ0v) is 12.2. The van der Waals surface area contributed by atoms with Gasteiger partial charge in [0.15, 0.2) is 11.5 Å². The molecule has 1 aromatic carbocycles. The van der Waals surface area contributed by atoms with Gasteiger partial charge in [0, 0.05) is 5.75 Å². The number of fused-ring (bicyclic) bond motifs is 1. The molecule has 0 fully saturated rings. The third-order valence-corrected chi connectivity index (χ3v) is 3.99. The van der Waals surface area contributed by atoms with Crippen LogP contribution >= 0.6 is 27.7 Å². The Morgan fingerprint density at radius 3 is 2.79 bits per heavy atom. The number of anilines is 1. The largest absolute Gasteiger partial charge is 0.381 e. The van der Waals surface area contributed by atoms with Gasteiger partial charge in [0.1, 0.15) is 4.60 Å². The van der Waals surface area contributed by atoms with Crippen LogP contribution in [0.2, 0.25) is 0 Å². The van der Waals surface area contributed by atoms with Crippen molar-refractivity contribution in [3.8, 4) is 0 Å². The summed E-state index contributed by atoms with van der Waals surface area (Å²) in [6, 6.07) is 10.2. The topological polar surface area (TPSA) is 69.1 Å². The summed E-state index contributed by atoms with van der Waals surface area (Å²) in [5.74, 6) is 1.20. The van der Waals surface area contributed by atoms with E-state index in [1.165, 1.54) is 5.56 Å². The number of nitrogens with zero attached hydrogens (tertiary/aromatic N) is 4. The summed E-state index contributed by atoms with van der Waals surface area (Å²) < 4.78 is 2.38. The SMILES string of the molecule is Nc1ncc(Br)n2nc(SCc3ccccc3)nc12. The molecule has 96 valence electrons. The number of benzene rings is 1. The van der Waals surface area contributed by atoms with Gasteiger partial charge in [-0.05, 0) is 21.5 Å². The Morgan fingerprint density at radius 1 is 1.26 bits per heavy atom. The third-order valence-electron chi connectivity index (χ3n) is 2.54. The standard InChI is InChI=1S/C12H10BrN5S/c13-9-6-15-10(14)11-16-12(17-18(9)11)19-7-8-4-2-1-3-5-8/h1-6H,7H2,(H2,14,15). The number of hydrogen-bond acceptors (Lipinski definition) is 5. The fourth-order valence-corrected chi connectivity index (χ4v) is 2.75. The molecule has 5 nitrogen and oxygen atoms in total.